The van der Waals surface area contributed by atoms with Crippen LogP contribution in [0.4, 0.5) is 0 Å². The molecule has 5 nitrogen and oxygen atoms in total. The molecule has 0 aliphatic carbocycles. The molecule has 0 fully saturated rings. The van der Waals surface area contributed by atoms with E-state index in [0.29, 0.717) is 26.4 Å². The predicted octanol–water partition coefficient (Wildman–Crippen LogP) is 5.14. The van der Waals surface area contributed by atoms with E-state index in [1.54, 1.807) is 29.8 Å². The number of amides is 1. The summed E-state index contributed by atoms with van der Waals surface area (Å²) >= 11 is 8.91. The Bertz CT molecular complexity index is 1080. The molecule has 1 atom stereocenters. The first kappa shape index (κ1) is 18.7. The van der Waals surface area contributed by atoms with E-state index in [1.165, 1.54) is 11.3 Å². The van der Waals surface area contributed by atoms with Crippen LogP contribution in [0.25, 0.3) is 10.8 Å². The minimum absolute atomic E-state index is 0.175. The van der Waals surface area contributed by atoms with Gasteiger partial charge in [-0.3, -0.25) is 4.79 Å². The lowest BCUT2D eigenvalue weighted by Crippen LogP contribution is -2.28. The van der Waals surface area contributed by atoms with Crippen LogP contribution in [0.1, 0.15) is 31.8 Å². The standard InChI is InChI=1S/C20H15ClN4OS2/c1-12-17(28-20(24-12)18-22-9-3-10-23-18)19(26)25-16(15-4-2-11-27-15)13-5-7-14(21)8-6-13/h2-11,16H,1H3,(H,25,26)/t16-/m1/s1. The van der Waals surface area contributed by atoms with Crippen LogP contribution in [0, 0.1) is 6.92 Å². The molecule has 1 amide bonds. The summed E-state index contributed by atoms with van der Waals surface area (Å²) in [5.74, 6) is 0.340. The first-order valence-electron chi connectivity index (χ1n) is 8.46. The van der Waals surface area contributed by atoms with Crippen LogP contribution < -0.4 is 5.32 Å². The lowest BCUT2D eigenvalue weighted by Gasteiger charge is -2.18. The third-order valence-corrected chi connectivity index (χ3v) is 6.41. The molecule has 0 bridgehead atoms. The monoisotopic (exact) mass is 426 g/mol. The summed E-state index contributed by atoms with van der Waals surface area (Å²) in [4.78, 5) is 27.6. The van der Waals surface area contributed by atoms with Crippen molar-refractivity contribution in [3.05, 3.63) is 86.3 Å². The Morgan fingerprint density at radius 1 is 1.11 bits per heavy atom. The molecule has 8 heteroatoms. The summed E-state index contributed by atoms with van der Waals surface area (Å²) in [5.41, 5.74) is 1.62. The van der Waals surface area contributed by atoms with Crippen LogP contribution in [0.2, 0.25) is 5.02 Å². The van der Waals surface area contributed by atoms with Crippen LogP contribution >= 0.6 is 34.3 Å². The van der Waals surface area contributed by atoms with E-state index in [-0.39, 0.29) is 11.9 Å². The van der Waals surface area contributed by atoms with Crippen molar-refractivity contribution in [3.63, 3.8) is 0 Å². The van der Waals surface area contributed by atoms with Gasteiger partial charge in [0.05, 0.1) is 11.7 Å². The zero-order chi connectivity index (χ0) is 19.5. The summed E-state index contributed by atoms with van der Waals surface area (Å²) in [6.45, 7) is 1.82. The van der Waals surface area contributed by atoms with Crippen molar-refractivity contribution in [2.75, 3.05) is 0 Å². The van der Waals surface area contributed by atoms with Crippen molar-refractivity contribution >= 4 is 40.2 Å². The van der Waals surface area contributed by atoms with Gasteiger partial charge < -0.3 is 5.32 Å². The van der Waals surface area contributed by atoms with Crippen molar-refractivity contribution in [2.24, 2.45) is 0 Å². The smallest absolute Gasteiger partial charge is 0.264 e. The Labute approximate surface area is 175 Å². The van der Waals surface area contributed by atoms with Crippen molar-refractivity contribution in [2.45, 2.75) is 13.0 Å². The lowest BCUT2D eigenvalue weighted by molar-refractivity contribution is 0.0947. The second kappa shape index (κ2) is 8.18. The normalized spacial score (nSPS) is 11.9. The maximum atomic E-state index is 13.1. The largest absolute Gasteiger partial charge is 0.340 e. The molecule has 0 radical (unpaired) electrons. The highest BCUT2D eigenvalue weighted by Gasteiger charge is 2.23. The van der Waals surface area contributed by atoms with E-state index < -0.39 is 0 Å². The van der Waals surface area contributed by atoms with Gasteiger partial charge in [0.15, 0.2) is 10.8 Å². The van der Waals surface area contributed by atoms with Crippen LogP contribution in [0.3, 0.4) is 0 Å². The van der Waals surface area contributed by atoms with Gasteiger partial charge in [0.2, 0.25) is 0 Å². The number of rotatable bonds is 5. The number of thiazole rings is 1. The maximum absolute atomic E-state index is 13.1. The molecule has 1 aromatic carbocycles. The fourth-order valence-corrected chi connectivity index (χ4v) is 4.58. The van der Waals surface area contributed by atoms with E-state index in [2.05, 4.69) is 20.3 Å². The number of halogens is 1. The number of hydrogen-bond donors (Lipinski definition) is 1. The van der Waals surface area contributed by atoms with Crippen LogP contribution in [0.15, 0.2) is 60.2 Å². The van der Waals surface area contributed by atoms with Crippen molar-refractivity contribution < 1.29 is 4.79 Å². The van der Waals surface area contributed by atoms with Gasteiger partial charge in [0, 0.05) is 22.3 Å². The number of benzene rings is 1. The van der Waals surface area contributed by atoms with Gasteiger partial charge in [-0.15, -0.1) is 22.7 Å². The van der Waals surface area contributed by atoms with Gasteiger partial charge in [0.1, 0.15) is 4.88 Å². The Morgan fingerprint density at radius 3 is 2.54 bits per heavy atom. The van der Waals surface area contributed by atoms with Crippen LogP contribution in [0.5, 0.6) is 0 Å². The molecule has 3 aromatic heterocycles. The number of nitrogens with zero attached hydrogens (tertiary/aromatic N) is 3. The number of aromatic nitrogens is 3. The van der Waals surface area contributed by atoms with Gasteiger partial charge in [-0.25, -0.2) is 15.0 Å². The van der Waals surface area contributed by atoms with Gasteiger partial charge in [-0.2, -0.15) is 0 Å². The van der Waals surface area contributed by atoms with E-state index in [1.807, 2.05) is 48.7 Å². The van der Waals surface area contributed by atoms with Crippen molar-refractivity contribution in [1.29, 1.82) is 0 Å². The third-order valence-electron chi connectivity index (χ3n) is 4.07. The van der Waals surface area contributed by atoms with Gasteiger partial charge in [-0.1, -0.05) is 29.8 Å². The van der Waals surface area contributed by atoms with Gasteiger partial charge >= 0.3 is 0 Å². The zero-order valence-corrected chi connectivity index (χ0v) is 17.2. The van der Waals surface area contributed by atoms with E-state index in [4.69, 9.17) is 11.6 Å². The molecule has 3 heterocycles. The Kier molecular flexibility index (Phi) is 5.47. The molecular weight excluding hydrogens is 412 g/mol. The number of nitrogens with one attached hydrogen (secondary N) is 1. The highest BCUT2D eigenvalue weighted by Crippen LogP contribution is 2.30. The van der Waals surface area contributed by atoms with E-state index in [0.717, 1.165) is 10.4 Å². The van der Waals surface area contributed by atoms with Crippen molar-refractivity contribution in [3.8, 4) is 10.8 Å². The van der Waals surface area contributed by atoms with Gasteiger partial charge in [0.25, 0.3) is 5.91 Å². The Hall–Kier alpha value is -2.61. The lowest BCUT2D eigenvalue weighted by atomic mass is 10.1. The highest BCUT2D eigenvalue weighted by molar-refractivity contribution is 7.17. The molecule has 0 unspecified atom stereocenters. The predicted molar refractivity (Wildman–Crippen MR) is 113 cm³/mol. The third kappa shape index (κ3) is 3.96. The topological polar surface area (TPSA) is 67.8 Å². The quantitative estimate of drug-likeness (QED) is 0.479. The summed E-state index contributed by atoms with van der Waals surface area (Å²) in [5, 5.41) is 6.41. The average Bonchev–Trinajstić information content (AvgIpc) is 3.37. The minimum atomic E-state index is -0.261. The molecule has 0 saturated heterocycles. The average molecular weight is 427 g/mol. The van der Waals surface area contributed by atoms with Gasteiger partial charge in [-0.05, 0) is 42.1 Å². The molecule has 0 aliphatic heterocycles. The minimum Gasteiger partial charge on any atom is -0.340 e. The highest BCUT2D eigenvalue weighted by atomic mass is 35.5. The fraction of sp³-hybridized carbons (Fsp3) is 0.100. The summed E-state index contributed by atoms with van der Waals surface area (Å²) < 4.78 is 0. The molecular formula is C20H15ClN4OS2. The molecule has 28 heavy (non-hydrogen) atoms. The molecule has 0 aliphatic rings. The molecule has 1 N–H and O–H groups in total. The second-order valence-corrected chi connectivity index (χ2v) is 8.39. The number of carbonyl (C=O) groups excluding carboxylic acids is 1. The number of hydrogen-bond acceptors (Lipinski definition) is 6. The number of thiophene rings is 1. The SMILES string of the molecule is Cc1nc(-c2ncccn2)sc1C(=O)N[C@H](c1ccc(Cl)cc1)c1cccs1. The summed E-state index contributed by atoms with van der Waals surface area (Å²) in [6, 6.07) is 13.0. The van der Waals surface area contributed by atoms with Crippen molar-refractivity contribution in [1.82, 2.24) is 20.3 Å². The second-order valence-electron chi connectivity index (χ2n) is 5.98. The molecule has 0 spiro atoms. The molecule has 0 saturated carbocycles. The summed E-state index contributed by atoms with van der Waals surface area (Å²) in [6.07, 6.45) is 3.32. The number of aryl methyl sites for hydroxylation is 1. The zero-order valence-electron chi connectivity index (χ0n) is 14.8. The Morgan fingerprint density at radius 2 is 1.86 bits per heavy atom. The van der Waals surface area contributed by atoms with Crippen LogP contribution in [-0.4, -0.2) is 20.9 Å². The Balaban J connectivity index is 1.63. The van der Waals surface area contributed by atoms with E-state index in [9.17, 15) is 4.79 Å². The molecule has 4 aromatic rings. The van der Waals surface area contributed by atoms with Crippen LogP contribution in [-0.2, 0) is 0 Å². The first-order valence-corrected chi connectivity index (χ1v) is 10.5. The maximum Gasteiger partial charge on any atom is 0.264 e. The first-order chi connectivity index (χ1) is 13.6. The molecule has 140 valence electrons. The van der Waals surface area contributed by atoms with E-state index >= 15 is 0 Å². The summed E-state index contributed by atoms with van der Waals surface area (Å²) in [7, 11) is 0. The number of carbonyl (C=O) groups is 1. The molecule has 4 rings (SSSR count). The fourth-order valence-electron chi connectivity index (χ4n) is 2.74.